The summed E-state index contributed by atoms with van der Waals surface area (Å²) in [6.45, 7) is -0.494. The van der Waals surface area contributed by atoms with Crippen LogP contribution in [0.3, 0.4) is 0 Å². The zero-order chi connectivity index (χ0) is 21.0. The van der Waals surface area contributed by atoms with Gasteiger partial charge in [0, 0.05) is 11.8 Å². The Morgan fingerprint density at radius 2 is 1.62 bits per heavy atom. The first-order valence-electron chi connectivity index (χ1n) is 8.75. The smallest absolute Gasteiger partial charge is 0.153 e. The van der Waals surface area contributed by atoms with Crippen molar-refractivity contribution in [2.75, 3.05) is 12.9 Å². The standard InChI is InChI=1S/C21H20FNO5S/c1-29(26,27)13-17-10-15(21(25)12-24)11-20(23-17)14-2-6-18(7-3-14)28-19-8-4-16(22)5-9-19/h2-11,21,24-25H,12-13H2,1H3/t21-/m1/s1. The fourth-order valence-electron chi connectivity index (χ4n) is 2.73. The number of nitrogens with zero attached hydrogens (tertiary/aromatic N) is 1. The number of ether oxygens (including phenoxy) is 1. The summed E-state index contributed by atoms with van der Waals surface area (Å²) in [5, 5.41) is 19.2. The fraction of sp³-hybridized carbons (Fsp3) is 0.190. The molecule has 0 aliphatic carbocycles. The van der Waals surface area contributed by atoms with E-state index in [1.165, 1.54) is 30.3 Å². The van der Waals surface area contributed by atoms with Crippen LogP contribution in [0.15, 0.2) is 60.7 Å². The summed E-state index contributed by atoms with van der Waals surface area (Å²) in [4.78, 5) is 4.37. The first-order valence-corrected chi connectivity index (χ1v) is 10.8. The Bertz CT molecular complexity index is 1080. The second-order valence-electron chi connectivity index (χ2n) is 6.63. The Morgan fingerprint density at radius 3 is 2.17 bits per heavy atom. The van der Waals surface area contributed by atoms with E-state index in [-0.39, 0.29) is 17.3 Å². The molecule has 1 aromatic heterocycles. The van der Waals surface area contributed by atoms with Gasteiger partial charge in [-0.3, -0.25) is 4.98 Å². The largest absolute Gasteiger partial charge is 0.457 e. The fourth-order valence-corrected chi connectivity index (χ4v) is 3.42. The van der Waals surface area contributed by atoms with E-state index >= 15 is 0 Å². The molecule has 3 rings (SSSR count). The third-order valence-electron chi connectivity index (χ3n) is 4.07. The molecule has 29 heavy (non-hydrogen) atoms. The lowest BCUT2D eigenvalue weighted by molar-refractivity contribution is 0.0955. The predicted octanol–water partition coefficient (Wildman–Crippen LogP) is 3.25. The predicted molar refractivity (Wildman–Crippen MR) is 107 cm³/mol. The molecular formula is C21H20FNO5S. The Hall–Kier alpha value is -2.81. The van der Waals surface area contributed by atoms with Crippen molar-refractivity contribution in [1.29, 1.82) is 0 Å². The molecule has 8 heteroatoms. The van der Waals surface area contributed by atoms with Crippen molar-refractivity contribution in [2.45, 2.75) is 11.9 Å². The number of rotatable bonds is 7. The first kappa shape index (κ1) is 20.9. The SMILES string of the molecule is CS(=O)(=O)Cc1cc([C@H](O)CO)cc(-c2ccc(Oc3ccc(F)cc3)cc2)n1. The number of aliphatic hydroxyl groups excluding tert-OH is 2. The quantitative estimate of drug-likeness (QED) is 0.613. The van der Waals surface area contributed by atoms with Crippen molar-refractivity contribution in [3.05, 3.63) is 77.7 Å². The van der Waals surface area contributed by atoms with E-state index in [0.29, 0.717) is 28.3 Å². The van der Waals surface area contributed by atoms with E-state index in [2.05, 4.69) is 4.98 Å². The minimum absolute atomic E-state index is 0.277. The van der Waals surface area contributed by atoms with Crippen molar-refractivity contribution < 1.29 is 27.8 Å². The monoisotopic (exact) mass is 417 g/mol. The number of benzene rings is 2. The van der Waals surface area contributed by atoms with Gasteiger partial charge in [0.05, 0.1) is 23.7 Å². The molecule has 0 aliphatic heterocycles. The summed E-state index contributed by atoms with van der Waals surface area (Å²) >= 11 is 0. The molecule has 152 valence electrons. The number of aliphatic hydroxyl groups is 2. The van der Waals surface area contributed by atoms with Crippen LogP contribution < -0.4 is 4.74 Å². The van der Waals surface area contributed by atoms with Crippen LogP contribution in [-0.2, 0) is 15.6 Å². The maximum atomic E-state index is 13.0. The molecule has 0 amide bonds. The number of halogens is 1. The van der Waals surface area contributed by atoms with Gasteiger partial charge in [0.1, 0.15) is 23.4 Å². The van der Waals surface area contributed by atoms with Gasteiger partial charge in [-0.25, -0.2) is 12.8 Å². The average molecular weight is 417 g/mol. The van der Waals surface area contributed by atoms with Crippen molar-refractivity contribution >= 4 is 9.84 Å². The Labute approximate surface area is 168 Å². The van der Waals surface area contributed by atoms with Gasteiger partial charge in [0.2, 0.25) is 0 Å². The zero-order valence-electron chi connectivity index (χ0n) is 15.6. The van der Waals surface area contributed by atoms with Crippen molar-refractivity contribution in [1.82, 2.24) is 4.98 Å². The van der Waals surface area contributed by atoms with Crippen LogP contribution in [0.25, 0.3) is 11.3 Å². The highest BCUT2D eigenvalue weighted by Gasteiger charge is 2.14. The molecule has 2 aromatic carbocycles. The summed E-state index contributed by atoms with van der Waals surface area (Å²) in [6, 6.07) is 15.6. The van der Waals surface area contributed by atoms with E-state index in [9.17, 15) is 23.0 Å². The van der Waals surface area contributed by atoms with Gasteiger partial charge in [-0.2, -0.15) is 0 Å². The average Bonchev–Trinajstić information content (AvgIpc) is 2.68. The third kappa shape index (κ3) is 5.83. The molecule has 6 nitrogen and oxygen atoms in total. The van der Waals surface area contributed by atoms with Crippen LogP contribution in [0.5, 0.6) is 11.5 Å². The normalized spacial score (nSPS) is 12.6. The maximum absolute atomic E-state index is 13.0. The van der Waals surface area contributed by atoms with E-state index in [4.69, 9.17) is 4.74 Å². The molecule has 0 saturated carbocycles. The van der Waals surface area contributed by atoms with Crippen LogP contribution in [-0.4, -0.2) is 36.5 Å². The van der Waals surface area contributed by atoms with E-state index in [1.54, 1.807) is 30.3 Å². The maximum Gasteiger partial charge on any atom is 0.153 e. The summed E-state index contributed by atoms with van der Waals surface area (Å²) < 4.78 is 41.9. The molecular weight excluding hydrogens is 397 g/mol. The summed E-state index contributed by atoms with van der Waals surface area (Å²) in [5.74, 6) is 0.384. The molecule has 0 unspecified atom stereocenters. The van der Waals surface area contributed by atoms with Gasteiger partial charge in [-0.1, -0.05) is 0 Å². The minimum Gasteiger partial charge on any atom is -0.457 e. The summed E-state index contributed by atoms with van der Waals surface area (Å²) in [6.07, 6.45) is -0.0402. The molecule has 2 N–H and O–H groups in total. The Morgan fingerprint density at radius 1 is 1.03 bits per heavy atom. The molecule has 0 radical (unpaired) electrons. The highest BCUT2D eigenvalue weighted by atomic mass is 32.2. The molecule has 0 saturated heterocycles. The van der Waals surface area contributed by atoms with Crippen LogP contribution in [0.1, 0.15) is 17.4 Å². The molecule has 1 atom stereocenters. The Balaban J connectivity index is 1.90. The van der Waals surface area contributed by atoms with Gasteiger partial charge < -0.3 is 14.9 Å². The Kier molecular flexibility index (Phi) is 6.26. The first-order chi connectivity index (χ1) is 13.7. The number of pyridine rings is 1. The minimum atomic E-state index is -3.32. The lowest BCUT2D eigenvalue weighted by atomic mass is 10.0. The van der Waals surface area contributed by atoms with Crippen LogP contribution >= 0.6 is 0 Å². The molecule has 3 aromatic rings. The number of hydrogen-bond donors (Lipinski definition) is 2. The lowest BCUT2D eigenvalue weighted by Gasteiger charge is -2.13. The van der Waals surface area contributed by atoms with Crippen molar-refractivity contribution in [3.63, 3.8) is 0 Å². The van der Waals surface area contributed by atoms with E-state index in [1.807, 2.05) is 0 Å². The number of aromatic nitrogens is 1. The van der Waals surface area contributed by atoms with E-state index < -0.39 is 22.5 Å². The van der Waals surface area contributed by atoms with Crippen LogP contribution in [0.4, 0.5) is 4.39 Å². The summed E-state index contributed by atoms with van der Waals surface area (Å²) in [5.41, 5.74) is 1.79. The summed E-state index contributed by atoms with van der Waals surface area (Å²) in [7, 11) is -3.32. The lowest BCUT2D eigenvalue weighted by Crippen LogP contribution is -2.08. The molecule has 0 aliphatic rings. The third-order valence-corrected chi connectivity index (χ3v) is 4.89. The second-order valence-corrected chi connectivity index (χ2v) is 8.77. The molecule has 1 heterocycles. The zero-order valence-corrected chi connectivity index (χ0v) is 16.4. The van der Waals surface area contributed by atoms with Crippen LogP contribution in [0, 0.1) is 5.82 Å². The highest BCUT2D eigenvalue weighted by molar-refractivity contribution is 7.89. The van der Waals surface area contributed by atoms with Gasteiger partial charge in [0.15, 0.2) is 9.84 Å². The van der Waals surface area contributed by atoms with Crippen LogP contribution in [0.2, 0.25) is 0 Å². The number of hydrogen-bond acceptors (Lipinski definition) is 6. The molecule has 0 spiro atoms. The van der Waals surface area contributed by atoms with Gasteiger partial charge in [0.25, 0.3) is 0 Å². The van der Waals surface area contributed by atoms with Gasteiger partial charge >= 0.3 is 0 Å². The van der Waals surface area contributed by atoms with Gasteiger partial charge in [-0.15, -0.1) is 0 Å². The topological polar surface area (TPSA) is 96.7 Å². The molecule has 0 bridgehead atoms. The van der Waals surface area contributed by atoms with E-state index in [0.717, 1.165) is 6.26 Å². The molecule has 0 fully saturated rings. The van der Waals surface area contributed by atoms with Crippen molar-refractivity contribution in [2.24, 2.45) is 0 Å². The van der Waals surface area contributed by atoms with Crippen molar-refractivity contribution in [3.8, 4) is 22.8 Å². The highest BCUT2D eigenvalue weighted by Crippen LogP contribution is 2.27. The van der Waals surface area contributed by atoms with Gasteiger partial charge in [-0.05, 0) is 66.2 Å². The number of sulfone groups is 1. The second kappa shape index (κ2) is 8.69.